The van der Waals surface area contributed by atoms with Crippen molar-refractivity contribution >= 4 is 17.3 Å². The first-order valence-electron chi connectivity index (χ1n) is 10.8. The third-order valence-corrected chi connectivity index (χ3v) is 5.89. The number of nitrogens with one attached hydrogen (secondary N) is 1. The van der Waals surface area contributed by atoms with Gasteiger partial charge in [-0.2, -0.15) is 0 Å². The molecule has 2 aliphatic rings. The molecule has 2 aromatic carbocycles. The van der Waals surface area contributed by atoms with Gasteiger partial charge in [0.25, 0.3) is 0 Å². The highest BCUT2D eigenvalue weighted by Gasteiger charge is 2.31. The maximum absolute atomic E-state index is 12.7. The van der Waals surface area contributed by atoms with Crippen molar-refractivity contribution in [3.05, 3.63) is 48.0 Å². The molecule has 0 bridgehead atoms. The molecule has 2 aromatic rings. The number of rotatable bonds is 9. The van der Waals surface area contributed by atoms with Crippen molar-refractivity contribution in [2.75, 3.05) is 44.1 Å². The van der Waals surface area contributed by atoms with E-state index in [2.05, 4.69) is 27.2 Å². The second-order valence-electron chi connectivity index (χ2n) is 8.10. The van der Waals surface area contributed by atoms with Crippen LogP contribution in [0.25, 0.3) is 0 Å². The summed E-state index contributed by atoms with van der Waals surface area (Å²) in [5, 5.41) is 3.05. The largest absolute Gasteiger partial charge is 0.497 e. The molecule has 1 N–H and O–H groups in total. The van der Waals surface area contributed by atoms with Crippen LogP contribution in [0.15, 0.2) is 42.5 Å². The first-order chi connectivity index (χ1) is 14.7. The van der Waals surface area contributed by atoms with Crippen molar-refractivity contribution in [2.24, 2.45) is 0 Å². The van der Waals surface area contributed by atoms with E-state index in [9.17, 15) is 4.79 Å². The number of carbonyl (C=O) groups excluding carboxylic acids is 1. The summed E-state index contributed by atoms with van der Waals surface area (Å²) < 4.78 is 10.9. The minimum Gasteiger partial charge on any atom is -0.497 e. The minimum absolute atomic E-state index is 0.0117. The zero-order chi connectivity index (χ0) is 20.9. The number of anilines is 2. The van der Waals surface area contributed by atoms with E-state index in [1.807, 2.05) is 30.3 Å². The van der Waals surface area contributed by atoms with Crippen LogP contribution in [0.2, 0.25) is 0 Å². The fourth-order valence-corrected chi connectivity index (χ4v) is 4.09. The molecule has 4 rings (SSSR count). The van der Waals surface area contributed by atoms with Crippen LogP contribution < -0.4 is 19.7 Å². The molecule has 1 amide bonds. The lowest BCUT2D eigenvalue weighted by Gasteiger charge is -2.23. The summed E-state index contributed by atoms with van der Waals surface area (Å²) in [5.74, 6) is 1.63. The van der Waals surface area contributed by atoms with Crippen molar-refractivity contribution in [3.63, 3.8) is 0 Å². The number of ether oxygens (including phenoxy) is 2. The maximum Gasteiger partial charge on any atom is 0.238 e. The van der Waals surface area contributed by atoms with Gasteiger partial charge in [-0.15, -0.1) is 0 Å². The van der Waals surface area contributed by atoms with Gasteiger partial charge in [-0.1, -0.05) is 0 Å². The fourth-order valence-electron chi connectivity index (χ4n) is 4.09. The molecule has 1 saturated heterocycles. The van der Waals surface area contributed by atoms with E-state index in [1.165, 1.54) is 18.5 Å². The predicted molar refractivity (Wildman–Crippen MR) is 119 cm³/mol. The van der Waals surface area contributed by atoms with E-state index in [-0.39, 0.29) is 5.91 Å². The van der Waals surface area contributed by atoms with Crippen molar-refractivity contribution < 1.29 is 14.3 Å². The van der Waals surface area contributed by atoms with Crippen LogP contribution in [0.4, 0.5) is 11.4 Å². The Morgan fingerprint density at radius 3 is 2.43 bits per heavy atom. The van der Waals surface area contributed by atoms with Crippen molar-refractivity contribution in [2.45, 2.75) is 38.3 Å². The summed E-state index contributed by atoms with van der Waals surface area (Å²) in [6.07, 6.45) is 4.77. The smallest absolute Gasteiger partial charge is 0.238 e. The summed E-state index contributed by atoms with van der Waals surface area (Å²) in [4.78, 5) is 17.4. The highest BCUT2D eigenvalue weighted by Crippen LogP contribution is 2.32. The minimum atomic E-state index is 0.0117. The topological polar surface area (TPSA) is 54.0 Å². The van der Waals surface area contributed by atoms with E-state index in [1.54, 1.807) is 14.2 Å². The molecule has 160 valence electrons. The number of hydrogen-bond donors (Lipinski definition) is 1. The van der Waals surface area contributed by atoms with Gasteiger partial charge in [-0.3, -0.25) is 9.69 Å². The lowest BCUT2D eigenvalue weighted by molar-refractivity contribution is -0.117. The molecular formula is C24H31N3O3. The molecular weight excluding hydrogens is 378 g/mol. The van der Waals surface area contributed by atoms with Gasteiger partial charge in [-0.05, 0) is 68.1 Å². The number of methoxy groups -OCH3 is 2. The van der Waals surface area contributed by atoms with Gasteiger partial charge in [0.15, 0.2) is 0 Å². The first kappa shape index (κ1) is 20.5. The molecule has 0 unspecified atom stereocenters. The van der Waals surface area contributed by atoms with E-state index in [0.717, 1.165) is 48.7 Å². The van der Waals surface area contributed by atoms with E-state index < -0.39 is 0 Å². The molecule has 0 radical (unpaired) electrons. The van der Waals surface area contributed by atoms with Crippen LogP contribution in [-0.2, 0) is 11.3 Å². The van der Waals surface area contributed by atoms with Crippen molar-refractivity contribution in [3.8, 4) is 11.5 Å². The van der Waals surface area contributed by atoms with Gasteiger partial charge in [0.1, 0.15) is 11.5 Å². The summed E-state index contributed by atoms with van der Waals surface area (Å²) >= 11 is 0. The number of hydrogen-bond acceptors (Lipinski definition) is 5. The van der Waals surface area contributed by atoms with Gasteiger partial charge < -0.3 is 19.7 Å². The number of amides is 1. The maximum atomic E-state index is 12.7. The first-order valence-corrected chi connectivity index (χ1v) is 10.8. The Labute approximate surface area is 178 Å². The quantitative estimate of drug-likeness (QED) is 0.681. The van der Waals surface area contributed by atoms with Gasteiger partial charge in [0.05, 0.1) is 20.8 Å². The standard InChI is InChI=1S/C24H31N3O3/c1-29-22-11-12-23(30-2)18(15-22)16-27(21-9-10-21)17-24(28)25-19-5-7-20(8-6-19)26-13-3-4-14-26/h5-8,11-12,15,21H,3-4,9-10,13-14,16-17H2,1-2H3,(H,25,28). The summed E-state index contributed by atoms with van der Waals surface area (Å²) in [6.45, 7) is 3.26. The molecule has 6 nitrogen and oxygen atoms in total. The van der Waals surface area contributed by atoms with Crippen molar-refractivity contribution in [1.82, 2.24) is 4.90 Å². The molecule has 1 aliphatic heterocycles. The van der Waals surface area contributed by atoms with E-state index in [4.69, 9.17) is 9.47 Å². The monoisotopic (exact) mass is 409 g/mol. The number of benzene rings is 2. The Hall–Kier alpha value is -2.73. The summed E-state index contributed by atoms with van der Waals surface area (Å²) in [7, 11) is 3.33. The van der Waals surface area contributed by atoms with Gasteiger partial charge >= 0.3 is 0 Å². The SMILES string of the molecule is COc1ccc(OC)c(CN(CC(=O)Nc2ccc(N3CCCC3)cc2)C2CC2)c1. The van der Waals surface area contributed by atoms with Crippen LogP contribution in [0.5, 0.6) is 11.5 Å². The third kappa shape index (κ3) is 5.05. The summed E-state index contributed by atoms with van der Waals surface area (Å²) in [6, 6.07) is 14.4. The Morgan fingerprint density at radius 1 is 1.07 bits per heavy atom. The fraction of sp³-hybridized carbons (Fsp3) is 0.458. The Balaban J connectivity index is 1.38. The summed E-state index contributed by atoms with van der Waals surface area (Å²) in [5.41, 5.74) is 3.11. The average Bonchev–Trinajstić information content (AvgIpc) is 3.47. The second-order valence-corrected chi connectivity index (χ2v) is 8.10. The van der Waals surface area contributed by atoms with Crippen LogP contribution in [-0.4, -0.2) is 50.7 Å². The molecule has 30 heavy (non-hydrogen) atoms. The van der Waals surface area contributed by atoms with Crippen LogP contribution in [0.1, 0.15) is 31.2 Å². The molecule has 0 spiro atoms. The van der Waals surface area contributed by atoms with E-state index in [0.29, 0.717) is 19.1 Å². The number of nitrogens with zero attached hydrogens (tertiary/aromatic N) is 2. The van der Waals surface area contributed by atoms with Gasteiger partial charge in [0, 0.05) is 42.6 Å². The van der Waals surface area contributed by atoms with Crippen LogP contribution in [0, 0.1) is 0 Å². The lowest BCUT2D eigenvalue weighted by atomic mass is 10.1. The highest BCUT2D eigenvalue weighted by atomic mass is 16.5. The average molecular weight is 410 g/mol. The van der Waals surface area contributed by atoms with Crippen LogP contribution in [0.3, 0.4) is 0 Å². The molecule has 6 heteroatoms. The molecule has 0 aromatic heterocycles. The molecule has 1 heterocycles. The predicted octanol–water partition coefficient (Wildman–Crippen LogP) is 3.91. The van der Waals surface area contributed by atoms with Gasteiger partial charge in [-0.25, -0.2) is 0 Å². The Bertz CT molecular complexity index is 858. The van der Waals surface area contributed by atoms with Crippen LogP contribution >= 0.6 is 0 Å². The molecule has 2 fully saturated rings. The second kappa shape index (κ2) is 9.39. The molecule has 1 aliphatic carbocycles. The lowest BCUT2D eigenvalue weighted by Crippen LogP contribution is -2.34. The normalized spacial score (nSPS) is 16.0. The Morgan fingerprint density at radius 2 is 1.80 bits per heavy atom. The Kier molecular flexibility index (Phi) is 6.43. The van der Waals surface area contributed by atoms with Crippen molar-refractivity contribution in [1.29, 1.82) is 0 Å². The number of carbonyl (C=O) groups is 1. The molecule has 1 saturated carbocycles. The molecule has 0 atom stereocenters. The highest BCUT2D eigenvalue weighted by molar-refractivity contribution is 5.92. The zero-order valence-corrected chi connectivity index (χ0v) is 17.9. The third-order valence-electron chi connectivity index (χ3n) is 5.89. The van der Waals surface area contributed by atoms with Gasteiger partial charge in [0.2, 0.25) is 5.91 Å². The zero-order valence-electron chi connectivity index (χ0n) is 17.9. The van der Waals surface area contributed by atoms with E-state index >= 15 is 0 Å².